The molecule has 0 aliphatic heterocycles. The Bertz CT molecular complexity index is 1100. The van der Waals surface area contributed by atoms with Crippen LogP contribution in [0.2, 0.25) is 0 Å². The maximum Gasteiger partial charge on any atom is 0.244 e. The number of sulfonamides is 1. The Balaban J connectivity index is 2.44. The molecule has 0 radical (unpaired) electrons. The molecule has 35 heavy (non-hydrogen) atoms. The van der Waals surface area contributed by atoms with Crippen LogP contribution in [0.3, 0.4) is 0 Å². The molecule has 2 aromatic rings. The van der Waals surface area contributed by atoms with E-state index >= 15 is 0 Å². The van der Waals surface area contributed by atoms with E-state index in [1.807, 2.05) is 71.0 Å². The van der Waals surface area contributed by atoms with E-state index in [0.717, 1.165) is 40.1 Å². The van der Waals surface area contributed by atoms with Crippen molar-refractivity contribution in [1.29, 1.82) is 0 Å². The van der Waals surface area contributed by atoms with Gasteiger partial charge in [0.1, 0.15) is 12.6 Å². The summed E-state index contributed by atoms with van der Waals surface area (Å²) in [4.78, 5) is 28.4. The van der Waals surface area contributed by atoms with Gasteiger partial charge in [-0.15, -0.1) is 0 Å². The van der Waals surface area contributed by atoms with Gasteiger partial charge in [-0.05, 0) is 61.9 Å². The van der Waals surface area contributed by atoms with Crippen molar-refractivity contribution in [2.45, 2.75) is 72.5 Å². The van der Waals surface area contributed by atoms with Gasteiger partial charge < -0.3 is 10.2 Å². The summed E-state index contributed by atoms with van der Waals surface area (Å²) in [5, 5.41) is 2.98. The number of anilines is 1. The fourth-order valence-corrected chi connectivity index (χ4v) is 4.69. The minimum absolute atomic E-state index is 0.0310. The van der Waals surface area contributed by atoms with Crippen molar-refractivity contribution in [2.24, 2.45) is 0 Å². The third-order valence-electron chi connectivity index (χ3n) is 6.30. The van der Waals surface area contributed by atoms with Crippen molar-refractivity contribution in [1.82, 2.24) is 10.2 Å². The zero-order chi connectivity index (χ0) is 26.2. The predicted molar refractivity (Wildman–Crippen MR) is 142 cm³/mol. The quantitative estimate of drug-likeness (QED) is 0.475. The van der Waals surface area contributed by atoms with Gasteiger partial charge in [0.25, 0.3) is 0 Å². The van der Waals surface area contributed by atoms with Crippen LogP contribution in [-0.2, 0) is 32.6 Å². The van der Waals surface area contributed by atoms with E-state index in [0.29, 0.717) is 12.1 Å². The Morgan fingerprint density at radius 2 is 1.60 bits per heavy atom. The van der Waals surface area contributed by atoms with E-state index in [2.05, 4.69) is 5.32 Å². The summed E-state index contributed by atoms with van der Waals surface area (Å²) < 4.78 is 26.5. The third kappa shape index (κ3) is 7.82. The van der Waals surface area contributed by atoms with Crippen LogP contribution < -0.4 is 9.62 Å². The van der Waals surface area contributed by atoms with Crippen molar-refractivity contribution in [3.63, 3.8) is 0 Å². The fraction of sp³-hybridized carbons (Fsp3) is 0.481. The van der Waals surface area contributed by atoms with Gasteiger partial charge in [0.15, 0.2) is 0 Å². The Morgan fingerprint density at radius 1 is 0.971 bits per heavy atom. The van der Waals surface area contributed by atoms with Gasteiger partial charge in [0, 0.05) is 12.6 Å². The van der Waals surface area contributed by atoms with Gasteiger partial charge in [-0.3, -0.25) is 13.9 Å². The molecule has 0 bridgehead atoms. The number of nitrogens with zero attached hydrogens (tertiary/aromatic N) is 2. The molecule has 1 N–H and O–H groups in total. The molecule has 0 aromatic heterocycles. The summed E-state index contributed by atoms with van der Waals surface area (Å²) in [6, 6.07) is 14.1. The number of nitrogens with one attached hydrogen (secondary N) is 1. The number of hydrogen-bond donors (Lipinski definition) is 1. The average molecular weight is 502 g/mol. The SMILES string of the molecule is CCc1ccc(N(CC(=O)N(Cc2ccccc2C)[C@@H](CC)C(=O)N[C@@H](C)CC)S(C)(=O)=O)cc1. The summed E-state index contributed by atoms with van der Waals surface area (Å²) in [6.07, 6.45) is 3.09. The lowest BCUT2D eigenvalue weighted by Crippen LogP contribution is -2.53. The Kier molecular flexibility index (Phi) is 10.3. The van der Waals surface area contributed by atoms with E-state index in [4.69, 9.17) is 0 Å². The highest BCUT2D eigenvalue weighted by Crippen LogP contribution is 2.21. The molecule has 2 rings (SSSR count). The summed E-state index contributed by atoms with van der Waals surface area (Å²) in [7, 11) is -3.74. The van der Waals surface area contributed by atoms with E-state index in [1.54, 1.807) is 12.1 Å². The number of hydrogen-bond acceptors (Lipinski definition) is 4. The monoisotopic (exact) mass is 501 g/mol. The molecular weight excluding hydrogens is 462 g/mol. The van der Waals surface area contributed by atoms with Crippen molar-refractivity contribution >= 4 is 27.5 Å². The van der Waals surface area contributed by atoms with Crippen LogP contribution in [0.4, 0.5) is 5.69 Å². The summed E-state index contributed by atoms with van der Waals surface area (Å²) in [5.41, 5.74) is 3.40. The molecule has 2 atom stereocenters. The summed E-state index contributed by atoms with van der Waals surface area (Å²) in [5.74, 6) is -0.661. The highest BCUT2D eigenvalue weighted by molar-refractivity contribution is 7.92. The van der Waals surface area contributed by atoms with Crippen LogP contribution in [0.5, 0.6) is 0 Å². The van der Waals surface area contributed by atoms with Crippen molar-refractivity contribution in [3.05, 3.63) is 65.2 Å². The molecule has 0 spiro atoms. The second-order valence-electron chi connectivity index (χ2n) is 8.98. The predicted octanol–water partition coefficient (Wildman–Crippen LogP) is 4.05. The molecule has 0 heterocycles. The third-order valence-corrected chi connectivity index (χ3v) is 7.44. The topological polar surface area (TPSA) is 86.8 Å². The van der Waals surface area contributed by atoms with Crippen LogP contribution in [0, 0.1) is 6.92 Å². The highest BCUT2D eigenvalue weighted by atomic mass is 32.2. The van der Waals surface area contributed by atoms with Crippen LogP contribution in [-0.4, -0.2) is 50.0 Å². The average Bonchev–Trinajstić information content (AvgIpc) is 2.82. The molecule has 0 saturated heterocycles. The number of carbonyl (C=O) groups excluding carboxylic acids is 2. The summed E-state index contributed by atoms with van der Waals surface area (Å²) >= 11 is 0. The Hall–Kier alpha value is -2.87. The second-order valence-corrected chi connectivity index (χ2v) is 10.9. The first-order chi connectivity index (χ1) is 16.5. The van der Waals surface area contributed by atoms with Crippen molar-refractivity contribution in [3.8, 4) is 0 Å². The first-order valence-corrected chi connectivity index (χ1v) is 14.1. The largest absolute Gasteiger partial charge is 0.352 e. The Labute approximate surface area is 210 Å². The number of carbonyl (C=O) groups is 2. The second kappa shape index (κ2) is 12.7. The van der Waals surface area contributed by atoms with E-state index in [9.17, 15) is 18.0 Å². The van der Waals surface area contributed by atoms with Crippen molar-refractivity contribution < 1.29 is 18.0 Å². The molecule has 0 aliphatic carbocycles. The zero-order valence-corrected chi connectivity index (χ0v) is 22.6. The molecule has 192 valence electrons. The van der Waals surface area contributed by atoms with Crippen LogP contribution in [0.25, 0.3) is 0 Å². The van der Waals surface area contributed by atoms with Gasteiger partial charge in [-0.1, -0.05) is 57.2 Å². The number of aryl methyl sites for hydroxylation is 2. The lowest BCUT2D eigenvalue weighted by Gasteiger charge is -2.33. The standard InChI is InChI=1S/C27H39N3O4S/c1-7-21(5)28-27(32)25(9-3)29(18-23-13-11-10-12-20(23)4)26(31)19-30(35(6,33)34)24-16-14-22(8-2)15-17-24/h10-17,21,25H,7-9,18-19H2,1-6H3,(H,28,32)/t21-,25-/m0/s1. The molecule has 0 saturated carbocycles. The maximum atomic E-state index is 13.7. The van der Waals surface area contributed by atoms with E-state index < -0.39 is 22.0 Å². The highest BCUT2D eigenvalue weighted by Gasteiger charge is 2.32. The Morgan fingerprint density at radius 3 is 2.11 bits per heavy atom. The van der Waals surface area contributed by atoms with Crippen molar-refractivity contribution in [2.75, 3.05) is 17.1 Å². The van der Waals surface area contributed by atoms with E-state index in [-0.39, 0.29) is 25.0 Å². The van der Waals surface area contributed by atoms with Gasteiger partial charge in [0.2, 0.25) is 21.8 Å². The minimum atomic E-state index is -3.74. The van der Waals surface area contributed by atoms with Gasteiger partial charge in [-0.2, -0.15) is 0 Å². The van der Waals surface area contributed by atoms with E-state index in [1.165, 1.54) is 4.90 Å². The molecule has 0 unspecified atom stereocenters. The van der Waals surface area contributed by atoms with Gasteiger partial charge in [-0.25, -0.2) is 8.42 Å². The molecule has 2 amide bonds. The van der Waals surface area contributed by atoms with Gasteiger partial charge in [0.05, 0.1) is 11.9 Å². The van der Waals surface area contributed by atoms with Crippen LogP contribution in [0.1, 0.15) is 57.2 Å². The fourth-order valence-electron chi connectivity index (χ4n) is 3.84. The lowest BCUT2D eigenvalue weighted by molar-refractivity contribution is -0.140. The lowest BCUT2D eigenvalue weighted by atomic mass is 10.1. The van der Waals surface area contributed by atoms with Crippen LogP contribution in [0.15, 0.2) is 48.5 Å². The number of amides is 2. The molecular formula is C27H39N3O4S. The summed E-state index contributed by atoms with van der Waals surface area (Å²) in [6.45, 7) is 9.56. The number of benzene rings is 2. The zero-order valence-electron chi connectivity index (χ0n) is 21.7. The molecule has 7 nitrogen and oxygen atoms in total. The molecule has 8 heteroatoms. The normalized spacial score (nSPS) is 13.1. The first-order valence-electron chi connectivity index (χ1n) is 12.2. The first kappa shape index (κ1) is 28.4. The molecule has 0 aliphatic rings. The van der Waals surface area contributed by atoms with Gasteiger partial charge >= 0.3 is 0 Å². The minimum Gasteiger partial charge on any atom is -0.352 e. The van der Waals surface area contributed by atoms with Crippen LogP contribution >= 0.6 is 0 Å². The smallest absolute Gasteiger partial charge is 0.244 e. The molecule has 0 fully saturated rings. The molecule has 2 aromatic carbocycles. The maximum absolute atomic E-state index is 13.7. The number of rotatable bonds is 12.